The van der Waals surface area contributed by atoms with E-state index in [1.807, 2.05) is 0 Å². The van der Waals surface area contributed by atoms with Crippen molar-refractivity contribution in [3.63, 3.8) is 0 Å². The average Bonchev–Trinajstić information content (AvgIpc) is 2.78. The molecule has 0 unspecified atom stereocenters. The van der Waals surface area contributed by atoms with Crippen LogP contribution in [0.4, 0.5) is 22.0 Å². The molecule has 0 aliphatic heterocycles. The van der Waals surface area contributed by atoms with Gasteiger partial charge in [0.15, 0.2) is 17.3 Å². The number of hydrogen-bond donors (Lipinski definition) is 0. The van der Waals surface area contributed by atoms with E-state index in [4.69, 9.17) is 0 Å². The van der Waals surface area contributed by atoms with Crippen LogP contribution in [0.1, 0.15) is 44.3 Å². The second kappa shape index (κ2) is 9.76. The molecule has 1 heterocycles. The van der Waals surface area contributed by atoms with Gasteiger partial charge in [-0.05, 0) is 42.0 Å². The van der Waals surface area contributed by atoms with E-state index in [0.29, 0.717) is 0 Å². The summed E-state index contributed by atoms with van der Waals surface area (Å²) in [6, 6.07) is 10.5. The number of Topliss-reactive ketones (excluding diaryl/α,β-unsaturated/α-hetero) is 1. The van der Waals surface area contributed by atoms with Crippen molar-refractivity contribution in [2.75, 3.05) is 7.11 Å². The normalized spacial score (nSPS) is 12.2. The van der Waals surface area contributed by atoms with Gasteiger partial charge in [0, 0.05) is 24.1 Å². The second-order valence-corrected chi connectivity index (χ2v) is 6.86. The number of esters is 1. The summed E-state index contributed by atoms with van der Waals surface area (Å²) in [7, 11) is 1.21. The van der Waals surface area contributed by atoms with Crippen molar-refractivity contribution in [3.05, 3.63) is 94.8 Å². The number of methoxy groups -OCH3 is 1. The molecule has 0 spiro atoms. The molecule has 172 valence electrons. The summed E-state index contributed by atoms with van der Waals surface area (Å²) in [5.41, 5.74) is 0.241. The number of rotatable bonds is 7. The van der Waals surface area contributed by atoms with Crippen LogP contribution in [-0.4, -0.2) is 30.2 Å². The Labute approximate surface area is 184 Å². The highest BCUT2D eigenvalue weighted by atomic mass is 19.4. The van der Waals surface area contributed by atoms with Crippen LogP contribution in [0.5, 0.6) is 5.75 Å². The van der Waals surface area contributed by atoms with Crippen LogP contribution >= 0.6 is 0 Å². The van der Waals surface area contributed by atoms with Crippen molar-refractivity contribution >= 4 is 11.8 Å². The lowest BCUT2D eigenvalue weighted by Gasteiger charge is -2.18. The van der Waals surface area contributed by atoms with Gasteiger partial charge in [0.25, 0.3) is 0 Å². The van der Waals surface area contributed by atoms with Crippen LogP contribution in [0, 0.1) is 11.6 Å². The van der Waals surface area contributed by atoms with Crippen LogP contribution in [0.25, 0.3) is 0 Å². The summed E-state index contributed by atoms with van der Waals surface area (Å²) >= 11 is 0. The molecule has 5 nitrogen and oxygen atoms in total. The molecule has 0 radical (unpaired) electrons. The fourth-order valence-electron chi connectivity index (χ4n) is 3.18. The fourth-order valence-corrected chi connectivity index (χ4v) is 3.18. The summed E-state index contributed by atoms with van der Waals surface area (Å²) in [5.74, 6) is -5.35. The van der Waals surface area contributed by atoms with Gasteiger partial charge in [-0.1, -0.05) is 18.2 Å². The second-order valence-electron chi connectivity index (χ2n) is 6.86. The Hall–Kier alpha value is -3.82. The number of pyridine rings is 1. The zero-order chi connectivity index (χ0) is 24.2. The molecule has 0 fully saturated rings. The molecule has 0 aliphatic rings. The summed E-state index contributed by atoms with van der Waals surface area (Å²) in [6.45, 7) is 0. The number of carbonyl (C=O) groups is 2. The lowest BCUT2D eigenvalue weighted by atomic mass is 9.88. The molecule has 1 atom stereocenters. The van der Waals surface area contributed by atoms with Crippen LogP contribution in [0.2, 0.25) is 0 Å². The van der Waals surface area contributed by atoms with Crippen molar-refractivity contribution < 1.29 is 41.0 Å². The van der Waals surface area contributed by atoms with Crippen molar-refractivity contribution in [3.8, 4) is 5.75 Å². The highest BCUT2D eigenvalue weighted by molar-refractivity contribution is 5.98. The molecule has 2 aromatic carbocycles. The Morgan fingerprint density at radius 3 is 2.21 bits per heavy atom. The van der Waals surface area contributed by atoms with Crippen LogP contribution < -0.4 is 4.74 Å². The predicted molar refractivity (Wildman–Crippen MR) is 106 cm³/mol. The maximum Gasteiger partial charge on any atom is 0.573 e. The van der Waals surface area contributed by atoms with Gasteiger partial charge < -0.3 is 9.47 Å². The third-order valence-electron chi connectivity index (χ3n) is 4.72. The molecule has 0 amide bonds. The van der Waals surface area contributed by atoms with Gasteiger partial charge in [0.05, 0.1) is 18.4 Å². The van der Waals surface area contributed by atoms with E-state index in [9.17, 15) is 31.5 Å². The monoisotopic (exact) mass is 465 g/mol. The first-order chi connectivity index (χ1) is 15.6. The quantitative estimate of drug-likeness (QED) is 0.264. The standard InChI is InChI=1S/C23H16F5NO4/c1-32-22(31)14-6-4-13(5-7-14)19(30)12-16(21-17(24)3-2-10-29-21)15-8-9-20(18(25)11-15)33-23(26,27)28/h2-11,16H,12H2,1H3/t16-/m0/s1. The maximum atomic E-state index is 14.5. The van der Waals surface area contributed by atoms with Crippen LogP contribution in [0.15, 0.2) is 60.8 Å². The Kier molecular flexibility index (Phi) is 7.05. The van der Waals surface area contributed by atoms with E-state index in [0.717, 1.165) is 24.3 Å². The Balaban J connectivity index is 1.95. The van der Waals surface area contributed by atoms with E-state index < -0.39 is 41.4 Å². The summed E-state index contributed by atoms with van der Waals surface area (Å²) in [4.78, 5) is 28.4. The lowest BCUT2D eigenvalue weighted by molar-refractivity contribution is -0.275. The van der Waals surface area contributed by atoms with Crippen LogP contribution in [0.3, 0.4) is 0 Å². The fraction of sp³-hybridized carbons (Fsp3) is 0.174. The van der Waals surface area contributed by atoms with Crippen molar-refractivity contribution in [2.24, 2.45) is 0 Å². The number of halogens is 5. The van der Waals surface area contributed by atoms with E-state index in [1.165, 1.54) is 43.6 Å². The van der Waals surface area contributed by atoms with Gasteiger partial charge in [-0.2, -0.15) is 0 Å². The Morgan fingerprint density at radius 1 is 0.970 bits per heavy atom. The molecule has 10 heteroatoms. The zero-order valence-corrected chi connectivity index (χ0v) is 17.0. The molecular formula is C23H16F5NO4. The number of hydrogen-bond acceptors (Lipinski definition) is 5. The number of carbonyl (C=O) groups excluding carboxylic acids is 2. The number of benzene rings is 2. The van der Waals surface area contributed by atoms with Gasteiger partial charge >= 0.3 is 12.3 Å². The number of ketones is 1. The number of aromatic nitrogens is 1. The minimum Gasteiger partial charge on any atom is -0.465 e. The molecule has 0 saturated carbocycles. The number of nitrogens with zero attached hydrogens (tertiary/aromatic N) is 1. The molecule has 0 aliphatic carbocycles. The van der Waals surface area contributed by atoms with Gasteiger partial charge in [-0.25, -0.2) is 13.6 Å². The SMILES string of the molecule is COC(=O)c1ccc(C(=O)C[C@@H](c2ccc(OC(F)(F)F)c(F)c2)c2ncccc2F)cc1. The third kappa shape index (κ3) is 5.91. The van der Waals surface area contributed by atoms with Crippen molar-refractivity contribution in [2.45, 2.75) is 18.7 Å². The topological polar surface area (TPSA) is 65.5 Å². The minimum absolute atomic E-state index is 0.0270. The molecule has 3 aromatic rings. The Bertz CT molecular complexity index is 1160. The van der Waals surface area contributed by atoms with Gasteiger partial charge in [-0.15, -0.1) is 13.2 Å². The minimum atomic E-state index is -5.10. The van der Waals surface area contributed by atoms with Gasteiger partial charge in [-0.3, -0.25) is 9.78 Å². The van der Waals surface area contributed by atoms with Gasteiger partial charge in [0.1, 0.15) is 5.82 Å². The molecular weight excluding hydrogens is 449 g/mol. The van der Waals surface area contributed by atoms with Crippen molar-refractivity contribution in [1.29, 1.82) is 0 Å². The van der Waals surface area contributed by atoms with Gasteiger partial charge in [0.2, 0.25) is 0 Å². The smallest absolute Gasteiger partial charge is 0.465 e. The van der Waals surface area contributed by atoms with Crippen molar-refractivity contribution in [1.82, 2.24) is 4.98 Å². The van der Waals surface area contributed by atoms with Crippen LogP contribution in [-0.2, 0) is 4.74 Å². The number of alkyl halides is 3. The molecule has 0 saturated heterocycles. The van der Waals surface area contributed by atoms with E-state index in [1.54, 1.807) is 0 Å². The number of ether oxygens (including phenoxy) is 2. The summed E-state index contributed by atoms with van der Waals surface area (Å²) < 4.78 is 74.3. The zero-order valence-electron chi connectivity index (χ0n) is 17.0. The molecule has 0 bridgehead atoms. The first kappa shape index (κ1) is 23.8. The average molecular weight is 465 g/mol. The highest BCUT2D eigenvalue weighted by Crippen LogP contribution is 2.33. The Morgan fingerprint density at radius 2 is 1.64 bits per heavy atom. The largest absolute Gasteiger partial charge is 0.573 e. The molecule has 33 heavy (non-hydrogen) atoms. The van der Waals surface area contributed by atoms with E-state index in [2.05, 4.69) is 14.5 Å². The lowest BCUT2D eigenvalue weighted by Crippen LogP contribution is -2.18. The van der Waals surface area contributed by atoms with E-state index in [-0.39, 0.29) is 28.8 Å². The first-order valence-electron chi connectivity index (χ1n) is 9.46. The van der Waals surface area contributed by atoms with E-state index >= 15 is 0 Å². The molecule has 3 rings (SSSR count). The highest BCUT2D eigenvalue weighted by Gasteiger charge is 2.33. The predicted octanol–water partition coefficient (Wildman–Crippen LogP) is 5.45. The third-order valence-corrected chi connectivity index (χ3v) is 4.72. The summed E-state index contributed by atoms with van der Waals surface area (Å²) in [6.07, 6.45) is -4.19. The summed E-state index contributed by atoms with van der Waals surface area (Å²) in [5, 5.41) is 0. The first-order valence-corrected chi connectivity index (χ1v) is 9.46. The molecule has 0 N–H and O–H groups in total. The molecule has 1 aromatic heterocycles. The maximum absolute atomic E-state index is 14.5.